The topological polar surface area (TPSA) is 79.5 Å². The minimum Gasteiger partial charge on any atom is -0.424 e. The Morgan fingerprint density at radius 3 is 2.57 bits per heavy atom. The Hall–Kier alpha value is -1.92. The fraction of sp³-hybridized carbons (Fsp3) is 0.714. The van der Waals surface area contributed by atoms with Crippen LogP contribution in [-0.4, -0.2) is 50.9 Å². The first-order valence-corrected chi connectivity index (χ1v) is 7.29. The van der Waals surface area contributed by atoms with E-state index in [-0.39, 0.29) is 24.9 Å². The number of likely N-dealkylation sites (N-methyl/N-ethyl adjacent to an activating group) is 1. The normalized spacial score (nSPS) is 19.8. The largest absolute Gasteiger partial charge is 0.424 e. The third kappa shape index (κ3) is 3.40. The van der Waals surface area contributed by atoms with E-state index in [4.69, 9.17) is 4.42 Å². The molecule has 1 aromatic heterocycles. The maximum atomic E-state index is 12.5. The molecule has 1 fully saturated rings. The second kappa shape index (κ2) is 6.24. The first kappa shape index (κ1) is 15.5. The van der Waals surface area contributed by atoms with E-state index in [1.54, 1.807) is 16.7 Å². The van der Waals surface area contributed by atoms with Gasteiger partial charge in [0, 0.05) is 13.5 Å². The van der Waals surface area contributed by atoms with Crippen LogP contribution in [-0.2, 0) is 16.1 Å². The number of carbonyl (C=O) groups excluding carboxylic acids is 2. The van der Waals surface area contributed by atoms with Crippen LogP contribution in [0.5, 0.6) is 0 Å². The lowest BCUT2D eigenvalue weighted by Crippen LogP contribution is -2.59. The second-order valence-electron chi connectivity index (χ2n) is 5.73. The fourth-order valence-corrected chi connectivity index (χ4v) is 2.54. The van der Waals surface area contributed by atoms with Gasteiger partial charge in [0.05, 0.1) is 13.1 Å². The number of hydrogen-bond donors (Lipinski definition) is 0. The minimum absolute atomic E-state index is 0.00189. The van der Waals surface area contributed by atoms with Crippen molar-refractivity contribution in [3.05, 3.63) is 11.8 Å². The molecule has 0 aliphatic carbocycles. The van der Waals surface area contributed by atoms with Gasteiger partial charge >= 0.3 is 0 Å². The Labute approximate surface area is 124 Å². The lowest BCUT2D eigenvalue weighted by atomic mass is 9.99. The summed E-state index contributed by atoms with van der Waals surface area (Å²) in [5.74, 6) is 1.07. The quantitative estimate of drug-likeness (QED) is 0.809. The summed E-state index contributed by atoms with van der Waals surface area (Å²) in [6.45, 7) is 8.53. The van der Waals surface area contributed by atoms with Gasteiger partial charge in [-0.3, -0.25) is 9.59 Å². The Morgan fingerprint density at radius 1 is 1.33 bits per heavy atom. The van der Waals surface area contributed by atoms with Gasteiger partial charge in [0.1, 0.15) is 6.04 Å². The third-order valence-corrected chi connectivity index (χ3v) is 3.57. The summed E-state index contributed by atoms with van der Waals surface area (Å²) in [5, 5.41) is 7.68. The van der Waals surface area contributed by atoms with Gasteiger partial charge in [-0.1, -0.05) is 13.8 Å². The molecule has 0 radical (unpaired) electrons. The summed E-state index contributed by atoms with van der Waals surface area (Å²) in [5.41, 5.74) is 0. The highest BCUT2D eigenvalue weighted by Gasteiger charge is 2.39. The van der Waals surface area contributed by atoms with E-state index in [1.165, 1.54) is 0 Å². The Morgan fingerprint density at radius 2 is 2.05 bits per heavy atom. The van der Waals surface area contributed by atoms with Crippen molar-refractivity contribution in [2.75, 3.05) is 13.1 Å². The molecular weight excluding hydrogens is 272 g/mol. The summed E-state index contributed by atoms with van der Waals surface area (Å²) >= 11 is 0. The number of rotatable bonds is 5. The van der Waals surface area contributed by atoms with Crippen molar-refractivity contribution in [3.63, 3.8) is 0 Å². The molecule has 2 heterocycles. The second-order valence-corrected chi connectivity index (χ2v) is 5.73. The lowest BCUT2D eigenvalue weighted by molar-refractivity contribution is -0.157. The van der Waals surface area contributed by atoms with Gasteiger partial charge in [0.2, 0.25) is 23.6 Å². The van der Waals surface area contributed by atoms with Gasteiger partial charge in [-0.25, -0.2) is 0 Å². The Kier molecular flexibility index (Phi) is 4.59. The molecule has 0 bridgehead atoms. The van der Waals surface area contributed by atoms with Crippen LogP contribution in [0.1, 0.15) is 39.0 Å². The third-order valence-electron chi connectivity index (χ3n) is 3.57. The standard InChI is InChI=1S/C14H22N4O3/c1-5-17-8-13(19)18(7-12-16-15-10(4)21-12)11(14(17)20)6-9(2)3/h9,11H,5-8H2,1-4H3/t11-/m0/s1. The van der Waals surface area contributed by atoms with Crippen molar-refractivity contribution >= 4 is 11.8 Å². The van der Waals surface area contributed by atoms with E-state index < -0.39 is 6.04 Å². The van der Waals surface area contributed by atoms with Crippen molar-refractivity contribution in [2.24, 2.45) is 5.92 Å². The number of aryl methyl sites for hydroxylation is 1. The summed E-state index contributed by atoms with van der Waals surface area (Å²) in [7, 11) is 0. The van der Waals surface area contributed by atoms with E-state index in [0.717, 1.165) is 0 Å². The van der Waals surface area contributed by atoms with Crippen LogP contribution < -0.4 is 0 Å². The predicted octanol–water partition coefficient (Wildman–Crippen LogP) is 0.983. The molecule has 21 heavy (non-hydrogen) atoms. The van der Waals surface area contributed by atoms with Crippen LogP contribution in [0.15, 0.2) is 4.42 Å². The first-order valence-electron chi connectivity index (χ1n) is 7.29. The number of aromatic nitrogens is 2. The molecule has 2 rings (SSSR count). The van der Waals surface area contributed by atoms with E-state index >= 15 is 0 Å². The molecule has 1 aliphatic rings. The number of carbonyl (C=O) groups is 2. The van der Waals surface area contributed by atoms with Gasteiger partial charge in [0.15, 0.2) is 0 Å². The maximum absolute atomic E-state index is 12.5. The summed E-state index contributed by atoms with van der Waals surface area (Å²) < 4.78 is 5.34. The molecule has 1 aliphatic heterocycles. The zero-order valence-corrected chi connectivity index (χ0v) is 13.0. The highest BCUT2D eigenvalue weighted by molar-refractivity contribution is 5.94. The lowest BCUT2D eigenvalue weighted by Gasteiger charge is -2.40. The highest BCUT2D eigenvalue weighted by Crippen LogP contribution is 2.21. The molecule has 1 atom stereocenters. The minimum atomic E-state index is -0.446. The van der Waals surface area contributed by atoms with Gasteiger partial charge in [-0.15, -0.1) is 10.2 Å². The molecule has 2 amide bonds. The Bertz CT molecular complexity index is 526. The van der Waals surface area contributed by atoms with Crippen LogP contribution in [0.25, 0.3) is 0 Å². The van der Waals surface area contributed by atoms with E-state index in [9.17, 15) is 9.59 Å². The Balaban J connectivity index is 2.22. The van der Waals surface area contributed by atoms with Gasteiger partial charge in [0.25, 0.3) is 0 Å². The van der Waals surface area contributed by atoms with Gasteiger partial charge in [-0.2, -0.15) is 0 Å². The zero-order valence-electron chi connectivity index (χ0n) is 13.0. The monoisotopic (exact) mass is 294 g/mol. The number of hydrogen-bond acceptors (Lipinski definition) is 5. The summed E-state index contributed by atoms with van der Waals surface area (Å²) in [6, 6.07) is -0.446. The molecule has 0 N–H and O–H groups in total. The molecule has 1 aromatic rings. The smallest absolute Gasteiger partial charge is 0.245 e. The molecule has 0 aromatic carbocycles. The molecule has 7 nitrogen and oxygen atoms in total. The van der Waals surface area contributed by atoms with E-state index in [0.29, 0.717) is 30.7 Å². The van der Waals surface area contributed by atoms with Crippen molar-refractivity contribution < 1.29 is 14.0 Å². The first-order chi connectivity index (χ1) is 9.92. The molecular formula is C14H22N4O3. The molecule has 116 valence electrons. The zero-order chi connectivity index (χ0) is 15.6. The summed E-state index contributed by atoms with van der Waals surface area (Å²) in [6.07, 6.45) is 0.633. The maximum Gasteiger partial charge on any atom is 0.245 e. The highest BCUT2D eigenvalue weighted by atomic mass is 16.4. The molecule has 0 saturated carbocycles. The van der Waals surface area contributed by atoms with Crippen molar-refractivity contribution in [1.29, 1.82) is 0 Å². The number of nitrogens with zero attached hydrogens (tertiary/aromatic N) is 4. The average Bonchev–Trinajstić information content (AvgIpc) is 2.82. The van der Waals surface area contributed by atoms with Crippen molar-refractivity contribution in [2.45, 2.75) is 46.7 Å². The number of piperazine rings is 1. The SMILES string of the molecule is CCN1CC(=O)N(Cc2nnc(C)o2)[C@@H](CC(C)C)C1=O. The fourth-order valence-electron chi connectivity index (χ4n) is 2.54. The molecule has 0 unspecified atom stereocenters. The van der Waals surface area contributed by atoms with Gasteiger partial charge in [-0.05, 0) is 19.3 Å². The molecule has 0 spiro atoms. The average molecular weight is 294 g/mol. The number of amides is 2. The van der Waals surface area contributed by atoms with Crippen LogP contribution in [0, 0.1) is 12.8 Å². The van der Waals surface area contributed by atoms with Crippen LogP contribution >= 0.6 is 0 Å². The predicted molar refractivity (Wildman–Crippen MR) is 75.1 cm³/mol. The molecule has 7 heteroatoms. The van der Waals surface area contributed by atoms with Crippen molar-refractivity contribution in [1.82, 2.24) is 20.0 Å². The van der Waals surface area contributed by atoms with E-state index in [1.807, 2.05) is 20.8 Å². The van der Waals surface area contributed by atoms with Crippen LogP contribution in [0.3, 0.4) is 0 Å². The summed E-state index contributed by atoms with van der Waals surface area (Å²) in [4.78, 5) is 28.0. The van der Waals surface area contributed by atoms with Crippen LogP contribution in [0.4, 0.5) is 0 Å². The van der Waals surface area contributed by atoms with E-state index in [2.05, 4.69) is 10.2 Å². The van der Waals surface area contributed by atoms with Crippen molar-refractivity contribution in [3.8, 4) is 0 Å². The molecule has 1 saturated heterocycles. The van der Waals surface area contributed by atoms with Gasteiger partial charge < -0.3 is 14.2 Å². The van der Waals surface area contributed by atoms with Crippen LogP contribution in [0.2, 0.25) is 0 Å².